The van der Waals surface area contributed by atoms with Crippen molar-refractivity contribution in [3.63, 3.8) is 0 Å². The van der Waals surface area contributed by atoms with Crippen LogP contribution >= 0.6 is 11.6 Å². The van der Waals surface area contributed by atoms with E-state index in [0.29, 0.717) is 46.2 Å². The fraction of sp³-hybridized carbons (Fsp3) is 0.500. The molecule has 4 heterocycles. The van der Waals surface area contributed by atoms with Gasteiger partial charge in [-0.15, -0.1) is 0 Å². The first-order chi connectivity index (χ1) is 18.0. The third-order valence-electron chi connectivity index (χ3n) is 6.89. The Labute approximate surface area is 222 Å². The van der Waals surface area contributed by atoms with Gasteiger partial charge in [0.2, 0.25) is 5.95 Å². The van der Waals surface area contributed by atoms with E-state index in [4.69, 9.17) is 35.8 Å². The molecule has 11 heteroatoms. The Bertz CT molecular complexity index is 1230. The van der Waals surface area contributed by atoms with Crippen molar-refractivity contribution in [1.29, 1.82) is 0 Å². The van der Waals surface area contributed by atoms with Crippen molar-refractivity contribution in [2.75, 3.05) is 84.4 Å². The summed E-state index contributed by atoms with van der Waals surface area (Å²) in [6, 6.07) is 5.78. The number of piperazine rings is 1. The number of nitrogens with one attached hydrogen (secondary N) is 2. The Kier molecular flexibility index (Phi) is 8.09. The Hall–Kier alpha value is -2.92. The maximum Gasteiger partial charge on any atom is 0.223 e. The van der Waals surface area contributed by atoms with E-state index in [9.17, 15) is 0 Å². The number of methoxy groups -OCH3 is 2. The molecule has 0 bridgehead atoms. The molecule has 2 fully saturated rings. The maximum atomic E-state index is 6.71. The van der Waals surface area contributed by atoms with Crippen LogP contribution in [0.5, 0.6) is 11.5 Å². The van der Waals surface area contributed by atoms with Crippen LogP contribution in [0.3, 0.4) is 0 Å². The molecule has 1 aromatic carbocycles. The van der Waals surface area contributed by atoms with E-state index in [1.54, 1.807) is 20.3 Å². The molecule has 0 aliphatic carbocycles. The fourth-order valence-electron chi connectivity index (χ4n) is 4.63. The van der Waals surface area contributed by atoms with Crippen LogP contribution in [0.15, 0.2) is 24.4 Å². The molecule has 2 aromatic heterocycles. The first-order valence-electron chi connectivity index (χ1n) is 12.6. The van der Waals surface area contributed by atoms with Crippen LogP contribution in [0.25, 0.3) is 22.2 Å². The van der Waals surface area contributed by atoms with Crippen molar-refractivity contribution in [3.05, 3.63) is 29.4 Å². The van der Waals surface area contributed by atoms with Crippen LogP contribution in [-0.2, 0) is 4.74 Å². The molecule has 37 heavy (non-hydrogen) atoms. The molecule has 0 saturated carbocycles. The van der Waals surface area contributed by atoms with E-state index in [0.717, 1.165) is 63.2 Å². The number of rotatable bonds is 9. The van der Waals surface area contributed by atoms with Crippen molar-refractivity contribution in [2.45, 2.75) is 12.5 Å². The van der Waals surface area contributed by atoms with Gasteiger partial charge >= 0.3 is 0 Å². The molecule has 2 aliphatic rings. The topological polar surface area (TPSA) is 96.9 Å². The summed E-state index contributed by atoms with van der Waals surface area (Å²) in [7, 11) is 5.36. The lowest BCUT2D eigenvalue weighted by atomic mass is 10.1. The summed E-state index contributed by atoms with van der Waals surface area (Å²) in [6.45, 7) is 7.36. The number of likely N-dealkylation sites (N-methyl/N-ethyl adjacent to an activating group) is 1. The minimum atomic E-state index is 0.210. The second-order valence-corrected chi connectivity index (χ2v) is 9.83. The molecule has 0 amide bonds. The van der Waals surface area contributed by atoms with Gasteiger partial charge in [-0.3, -0.25) is 4.90 Å². The van der Waals surface area contributed by atoms with Crippen molar-refractivity contribution < 1.29 is 14.2 Å². The number of anilines is 2. The molecular formula is C26H34ClN7O3. The maximum absolute atomic E-state index is 6.71. The highest BCUT2D eigenvalue weighted by molar-refractivity contribution is 6.34. The molecule has 2 N–H and O–H groups in total. The smallest absolute Gasteiger partial charge is 0.223 e. The SMILES string of the molecule is COc1cc(OC)c(Cl)c(-c2cc3cnc(NC4CCOC4)nc3c(NCCN3CCN(C)CC3)n2)c1. The average molecular weight is 528 g/mol. The number of nitrogens with zero attached hydrogens (tertiary/aromatic N) is 5. The molecule has 3 aromatic rings. The summed E-state index contributed by atoms with van der Waals surface area (Å²) in [5.74, 6) is 2.42. The van der Waals surface area contributed by atoms with Crippen LogP contribution in [0.4, 0.5) is 11.8 Å². The summed E-state index contributed by atoms with van der Waals surface area (Å²) >= 11 is 6.71. The molecule has 1 atom stereocenters. The predicted molar refractivity (Wildman–Crippen MR) is 146 cm³/mol. The summed E-state index contributed by atoms with van der Waals surface area (Å²) in [4.78, 5) is 19.2. The number of benzene rings is 1. The van der Waals surface area contributed by atoms with Gasteiger partial charge in [0.1, 0.15) is 17.0 Å². The molecule has 0 radical (unpaired) electrons. The standard InChI is InChI=1S/C26H34ClN7O3/c1-33-7-9-34(10-8-33)6-5-28-25-24-17(15-29-26(32-24)30-18-4-11-37-16-18)12-21(31-25)20-13-19(35-2)14-22(36-3)23(20)27/h12-15,18H,4-11,16H2,1-3H3,(H,28,31)(H,29,30,32). The normalized spacial score (nSPS) is 18.8. The van der Waals surface area contributed by atoms with Gasteiger partial charge in [0, 0.05) is 69.1 Å². The van der Waals surface area contributed by atoms with E-state index in [2.05, 4.69) is 32.5 Å². The van der Waals surface area contributed by atoms with Gasteiger partial charge in [-0.1, -0.05) is 11.6 Å². The third-order valence-corrected chi connectivity index (χ3v) is 7.28. The van der Waals surface area contributed by atoms with Gasteiger partial charge in [0.25, 0.3) is 0 Å². The molecule has 10 nitrogen and oxygen atoms in total. The lowest BCUT2D eigenvalue weighted by Crippen LogP contribution is -2.45. The van der Waals surface area contributed by atoms with Gasteiger partial charge in [-0.25, -0.2) is 15.0 Å². The number of aromatic nitrogens is 3. The molecule has 0 spiro atoms. The van der Waals surface area contributed by atoms with Gasteiger partial charge in [0.15, 0.2) is 5.82 Å². The van der Waals surface area contributed by atoms with Crippen LogP contribution in [0.1, 0.15) is 6.42 Å². The summed E-state index contributed by atoms with van der Waals surface area (Å²) in [5.41, 5.74) is 2.15. The number of ether oxygens (including phenoxy) is 3. The van der Waals surface area contributed by atoms with Crippen LogP contribution in [0.2, 0.25) is 5.02 Å². The zero-order chi connectivity index (χ0) is 25.8. The summed E-state index contributed by atoms with van der Waals surface area (Å²) in [5, 5.41) is 8.26. The lowest BCUT2D eigenvalue weighted by Gasteiger charge is -2.32. The molecule has 2 saturated heterocycles. The Morgan fingerprint density at radius 1 is 1.11 bits per heavy atom. The van der Waals surface area contributed by atoms with E-state index in [1.165, 1.54) is 0 Å². The molecule has 2 aliphatic heterocycles. The second-order valence-electron chi connectivity index (χ2n) is 9.46. The van der Waals surface area contributed by atoms with Gasteiger partial charge in [0.05, 0.1) is 37.6 Å². The number of hydrogen-bond acceptors (Lipinski definition) is 10. The van der Waals surface area contributed by atoms with Crippen molar-refractivity contribution in [3.8, 4) is 22.8 Å². The van der Waals surface area contributed by atoms with E-state index < -0.39 is 0 Å². The second kappa shape index (κ2) is 11.6. The van der Waals surface area contributed by atoms with Crippen molar-refractivity contribution in [2.24, 2.45) is 0 Å². The highest BCUT2D eigenvalue weighted by atomic mass is 35.5. The number of fused-ring (bicyclic) bond motifs is 1. The highest BCUT2D eigenvalue weighted by Gasteiger charge is 2.20. The average Bonchev–Trinajstić information content (AvgIpc) is 3.43. The zero-order valence-corrected chi connectivity index (χ0v) is 22.3. The Morgan fingerprint density at radius 3 is 2.68 bits per heavy atom. The number of halogens is 1. The minimum Gasteiger partial charge on any atom is -0.497 e. The predicted octanol–water partition coefficient (Wildman–Crippen LogP) is 3.22. The largest absolute Gasteiger partial charge is 0.497 e. The summed E-state index contributed by atoms with van der Waals surface area (Å²) in [6.07, 6.45) is 2.76. The molecule has 198 valence electrons. The van der Waals surface area contributed by atoms with Crippen molar-refractivity contribution >= 4 is 34.3 Å². The van der Waals surface area contributed by atoms with Crippen LogP contribution < -0.4 is 20.1 Å². The first kappa shape index (κ1) is 25.7. The van der Waals surface area contributed by atoms with Crippen LogP contribution in [-0.4, -0.2) is 105 Å². The van der Waals surface area contributed by atoms with Crippen molar-refractivity contribution in [1.82, 2.24) is 24.8 Å². The quantitative estimate of drug-likeness (QED) is 0.431. The number of hydrogen-bond donors (Lipinski definition) is 2. The molecular weight excluding hydrogens is 494 g/mol. The van der Waals surface area contributed by atoms with E-state index in [-0.39, 0.29) is 6.04 Å². The fourth-order valence-corrected chi connectivity index (χ4v) is 4.91. The minimum absolute atomic E-state index is 0.210. The lowest BCUT2D eigenvalue weighted by molar-refractivity contribution is 0.158. The zero-order valence-electron chi connectivity index (χ0n) is 21.6. The Morgan fingerprint density at radius 2 is 1.95 bits per heavy atom. The number of pyridine rings is 1. The van der Waals surface area contributed by atoms with Gasteiger partial charge in [-0.05, 0) is 25.6 Å². The highest BCUT2D eigenvalue weighted by Crippen LogP contribution is 2.40. The Balaban J connectivity index is 1.48. The molecule has 5 rings (SSSR count). The summed E-state index contributed by atoms with van der Waals surface area (Å²) < 4.78 is 16.4. The molecule has 1 unspecified atom stereocenters. The third kappa shape index (κ3) is 5.98. The van der Waals surface area contributed by atoms with E-state index in [1.807, 2.05) is 18.3 Å². The van der Waals surface area contributed by atoms with E-state index >= 15 is 0 Å². The van der Waals surface area contributed by atoms with Gasteiger partial charge in [-0.2, -0.15) is 0 Å². The first-order valence-corrected chi connectivity index (χ1v) is 13.0. The van der Waals surface area contributed by atoms with Gasteiger partial charge < -0.3 is 29.7 Å². The monoisotopic (exact) mass is 527 g/mol. The van der Waals surface area contributed by atoms with Crippen LogP contribution in [0, 0.1) is 0 Å².